The molecule has 2 aliphatic rings. The van der Waals surface area contributed by atoms with Crippen LogP contribution >= 0.6 is 11.8 Å². The first kappa shape index (κ1) is 21.5. The van der Waals surface area contributed by atoms with E-state index >= 15 is 0 Å². The van der Waals surface area contributed by atoms with Gasteiger partial charge in [0.1, 0.15) is 5.82 Å². The molecule has 2 heterocycles. The van der Waals surface area contributed by atoms with E-state index in [1.807, 2.05) is 0 Å². The molecular weight excluding hydrogens is 419 g/mol. The van der Waals surface area contributed by atoms with Gasteiger partial charge in [-0.05, 0) is 48.9 Å². The number of carbonyl (C=O) groups is 3. The molecule has 0 aliphatic carbocycles. The zero-order chi connectivity index (χ0) is 21.2. The zero-order valence-electron chi connectivity index (χ0n) is 15.8. The average molecular weight is 441 g/mol. The lowest BCUT2D eigenvalue weighted by molar-refractivity contribution is -0.133. The van der Waals surface area contributed by atoms with Crippen LogP contribution in [0.4, 0.5) is 9.18 Å². The molecule has 29 heavy (non-hydrogen) atoms. The van der Waals surface area contributed by atoms with Crippen LogP contribution in [0.1, 0.15) is 25.3 Å². The zero-order valence-corrected chi connectivity index (χ0v) is 17.5. The smallest absolute Gasteiger partial charge is 0.293 e. The number of hydrogen-bond donors (Lipinski definition) is 0. The molecule has 0 aromatic heterocycles. The molecule has 0 radical (unpaired) electrons. The largest absolute Gasteiger partial charge is 0.339 e. The number of benzene rings is 1. The summed E-state index contributed by atoms with van der Waals surface area (Å²) < 4.78 is 36.7. The van der Waals surface area contributed by atoms with Crippen LogP contribution in [0.5, 0.6) is 0 Å². The Bertz CT molecular complexity index is 977. The van der Waals surface area contributed by atoms with Crippen LogP contribution in [-0.2, 0) is 19.4 Å². The average Bonchev–Trinajstić information content (AvgIpc) is 3.13. The fourth-order valence-electron chi connectivity index (χ4n) is 3.45. The molecule has 2 fully saturated rings. The van der Waals surface area contributed by atoms with Crippen LogP contribution < -0.4 is 0 Å². The van der Waals surface area contributed by atoms with Crippen LogP contribution in [0.2, 0.25) is 0 Å². The minimum atomic E-state index is -3.12. The molecule has 0 spiro atoms. The topological polar surface area (TPSA) is 91.8 Å². The molecule has 2 saturated heterocycles. The molecule has 1 aromatic carbocycles. The van der Waals surface area contributed by atoms with Crippen molar-refractivity contribution in [1.82, 2.24) is 9.80 Å². The number of carbonyl (C=O) groups excluding carboxylic acids is 3. The summed E-state index contributed by atoms with van der Waals surface area (Å²) in [6.07, 6.45) is 1.77. The molecule has 1 atom stereocenters. The second-order valence-electron chi connectivity index (χ2n) is 6.87. The Morgan fingerprint density at radius 2 is 2.14 bits per heavy atom. The highest BCUT2D eigenvalue weighted by Gasteiger charge is 2.37. The highest BCUT2D eigenvalue weighted by molar-refractivity contribution is 8.18. The second-order valence-corrected chi connectivity index (χ2v) is 10.1. The lowest BCUT2D eigenvalue weighted by Crippen LogP contribution is -2.42. The van der Waals surface area contributed by atoms with Gasteiger partial charge in [-0.1, -0.05) is 12.1 Å². The molecule has 3 rings (SSSR count). The number of sulfone groups is 1. The van der Waals surface area contributed by atoms with Crippen LogP contribution in [0.15, 0.2) is 29.2 Å². The van der Waals surface area contributed by atoms with Crippen molar-refractivity contribution in [3.05, 3.63) is 40.6 Å². The maximum absolute atomic E-state index is 13.3. The van der Waals surface area contributed by atoms with Crippen molar-refractivity contribution in [3.63, 3.8) is 0 Å². The van der Waals surface area contributed by atoms with Crippen LogP contribution in [0.3, 0.4) is 0 Å². The Kier molecular flexibility index (Phi) is 6.42. The van der Waals surface area contributed by atoms with Gasteiger partial charge in [0.05, 0.1) is 16.4 Å². The Morgan fingerprint density at radius 3 is 2.76 bits per heavy atom. The summed E-state index contributed by atoms with van der Waals surface area (Å²) in [5.74, 6) is -1.25. The highest BCUT2D eigenvalue weighted by atomic mass is 32.2. The Morgan fingerprint density at radius 1 is 1.38 bits per heavy atom. The van der Waals surface area contributed by atoms with E-state index in [9.17, 15) is 27.2 Å². The lowest BCUT2D eigenvalue weighted by Gasteiger charge is -2.27. The molecule has 156 valence electrons. The summed E-state index contributed by atoms with van der Waals surface area (Å²) in [5, 5.41) is -0.489. The number of halogens is 1. The van der Waals surface area contributed by atoms with Gasteiger partial charge in [-0.2, -0.15) is 0 Å². The predicted octanol–water partition coefficient (Wildman–Crippen LogP) is 2.29. The summed E-state index contributed by atoms with van der Waals surface area (Å²) in [4.78, 5) is 40.0. The van der Waals surface area contributed by atoms with Crippen LogP contribution in [0.25, 0.3) is 6.08 Å². The molecule has 3 amide bonds. The molecule has 10 heteroatoms. The first-order chi connectivity index (χ1) is 13.7. The number of imide groups is 1. The quantitative estimate of drug-likeness (QED) is 0.631. The summed E-state index contributed by atoms with van der Waals surface area (Å²) in [7, 11) is -3.12. The number of hydrogen-bond acceptors (Lipinski definition) is 6. The van der Waals surface area contributed by atoms with E-state index in [0.717, 1.165) is 16.7 Å². The molecule has 1 aromatic rings. The number of thioether (sulfide) groups is 1. The number of nitrogens with zero attached hydrogens (tertiary/aromatic N) is 2. The monoisotopic (exact) mass is 440 g/mol. The van der Waals surface area contributed by atoms with E-state index in [0.29, 0.717) is 18.5 Å². The van der Waals surface area contributed by atoms with E-state index in [4.69, 9.17) is 0 Å². The van der Waals surface area contributed by atoms with E-state index < -0.39 is 26.8 Å². The number of amides is 3. The van der Waals surface area contributed by atoms with Crippen molar-refractivity contribution in [2.24, 2.45) is 0 Å². The second kappa shape index (κ2) is 8.66. The van der Waals surface area contributed by atoms with Crippen molar-refractivity contribution in [2.45, 2.75) is 25.8 Å². The maximum Gasteiger partial charge on any atom is 0.293 e. The maximum atomic E-state index is 13.3. The fourth-order valence-corrected chi connectivity index (χ4v) is 6.05. The third kappa shape index (κ3) is 5.05. The first-order valence-electron chi connectivity index (χ1n) is 9.21. The minimum absolute atomic E-state index is 0.0511. The molecule has 2 aliphatic heterocycles. The summed E-state index contributed by atoms with van der Waals surface area (Å²) in [5.41, 5.74) is 0.464. The predicted molar refractivity (Wildman–Crippen MR) is 108 cm³/mol. The molecule has 0 unspecified atom stereocenters. The molecular formula is C19H21FN2O5S2. The molecule has 0 saturated carbocycles. The van der Waals surface area contributed by atoms with Crippen molar-refractivity contribution in [1.29, 1.82) is 0 Å². The number of rotatable bonds is 6. The standard InChI is InChI=1S/C19H21FN2O5S2/c1-2-21(15-7-9-29(26,27)12-15)17(23)6-8-22-18(24)16(28-19(22)25)11-13-4-3-5-14(20)10-13/h3-5,10-11,15H,2,6-9,12H2,1H3/b16-11-/t15-/m0/s1. The van der Waals surface area contributed by atoms with E-state index in [2.05, 4.69) is 0 Å². The van der Waals surface area contributed by atoms with Gasteiger partial charge in [0.15, 0.2) is 9.84 Å². The van der Waals surface area contributed by atoms with Gasteiger partial charge in [-0.25, -0.2) is 12.8 Å². The van der Waals surface area contributed by atoms with E-state index in [1.54, 1.807) is 13.0 Å². The normalized spacial score (nSPS) is 22.5. The Balaban J connectivity index is 1.63. The fraction of sp³-hybridized carbons (Fsp3) is 0.421. The summed E-state index contributed by atoms with van der Waals surface area (Å²) in [6, 6.07) is 5.30. The lowest BCUT2D eigenvalue weighted by atomic mass is 10.2. The summed E-state index contributed by atoms with van der Waals surface area (Å²) >= 11 is 0.745. The van der Waals surface area contributed by atoms with Gasteiger partial charge in [0.25, 0.3) is 11.1 Å². The van der Waals surface area contributed by atoms with Gasteiger partial charge in [0, 0.05) is 25.6 Å². The molecule has 7 nitrogen and oxygen atoms in total. The molecule has 0 bridgehead atoms. The molecule has 0 N–H and O–H groups in total. The van der Waals surface area contributed by atoms with E-state index in [1.165, 1.54) is 29.2 Å². The van der Waals surface area contributed by atoms with Crippen molar-refractivity contribution in [2.75, 3.05) is 24.6 Å². The van der Waals surface area contributed by atoms with Gasteiger partial charge in [-0.15, -0.1) is 0 Å². The summed E-state index contributed by atoms with van der Waals surface area (Å²) in [6.45, 7) is 2.05. The third-order valence-corrected chi connectivity index (χ3v) is 7.54. The van der Waals surface area contributed by atoms with Gasteiger partial charge in [-0.3, -0.25) is 19.3 Å². The Hall–Kier alpha value is -2.20. The third-order valence-electron chi connectivity index (χ3n) is 4.88. The SMILES string of the molecule is CCN(C(=O)CCN1C(=O)S/C(=C\c2cccc(F)c2)C1=O)[C@H]1CCS(=O)(=O)C1. The highest BCUT2D eigenvalue weighted by Crippen LogP contribution is 2.32. The van der Waals surface area contributed by atoms with Crippen LogP contribution in [-0.4, -0.2) is 65.9 Å². The Labute approximate surface area is 172 Å². The van der Waals surface area contributed by atoms with Crippen molar-refractivity contribution in [3.8, 4) is 0 Å². The van der Waals surface area contributed by atoms with Crippen LogP contribution in [0, 0.1) is 5.82 Å². The van der Waals surface area contributed by atoms with E-state index in [-0.39, 0.29) is 41.3 Å². The van der Waals surface area contributed by atoms with Crippen molar-refractivity contribution >= 4 is 44.7 Å². The van der Waals surface area contributed by atoms with Gasteiger partial charge < -0.3 is 4.90 Å². The van der Waals surface area contributed by atoms with Crippen molar-refractivity contribution < 1.29 is 27.2 Å². The van der Waals surface area contributed by atoms with Gasteiger partial charge >= 0.3 is 0 Å². The minimum Gasteiger partial charge on any atom is -0.339 e. The van der Waals surface area contributed by atoms with Gasteiger partial charge in [0.2, 0.25) is 5.91 Å². The first-order valence-corrected chi connectivity index (χ1v) is 11.8.